The van der Waals surface area contributed by atoms with Crippen LogP contribution in [0.1, 0.15) is 51.4 Å². The molecule has 1 amide bonds. The van der Waals surface area contributed by atoms with Gasteiger partial charge in [-0.2, -0.15) is 0 Å². The number of carbonyl (C=O) groups is 2. The zero-order valence-electron chi connectivity index (χ0n) is 12.2. The predicted octanol–water partition coefficient (Wildman–Crippen LogP) is 2.05. The molecule has 0 aromatic rings. The van der Waals surface area contributed by atoms with Crippen molar-refractivity contribution in [3.63, 3.8) is 0 Å². The Labute approximate surface area is 120 Å². The van der Waals surface area contributed by atoms with E-state index in [0.717, 1.165) is 25.7 Å². The third-order valence-corrected chi connectivity index (χ3v) is 4.62. The molecule has 5 heteroatoms. The summed E-state index contributed by atoms with van der Waals surface area (Å²) in [6.07, 6.45) is 7.86. The topological polar surface area (TPSA) is 66.8 Å². The average molecular weight is 283 g/mol. The highest BCUT2D eigenvalue weighted by atomic mass is 16.5. The first-order chi connectivity index (χ1) is 9.63. The highest BCUT2D eigenvalue weighted by molar-refractivity contribution is 5.85. The van der Waals surface area contributed by atoms with Crippen LogP contribution in [0.3, 0.4) is 0 Å². The van der Waals surface area contributed by atoms with E-state index in [9.17, 15) is 14.7 Å². The van der Waals surface area contributed by atoms with Crippen LogP contribution in [0.25, 0.3) is 0 Å². The minimum Gasteiger partial charge on any atom is -0.480 e. The van der Waals surface area contributed by atoms with Crippen molar-refractivity contribution < 1.29 is 19.4 Å². The van der Waals surface area contributed by atoms with Gasteiger partial charge in [0.05, 0.1) is 6.10 Å². The quantitative estimate of drug-likeness (QED) is 0.861. The predicted molar refractivity (Wildman–Crippen MR) is 74.4 cm³/mol. The average Bonchev–Trinajstić information content (AvgIpc) is 2.82. The summed E-state index contributed by atoms with van der Waals surface area (Å²) in [6, 6.07) is -0.710. The Balaban J connectivity index is 2.03. The second-order valence-corrected chi connectivity index (χ2v) is 5.98. The molecule has 0 radical (unpaired) electrons. The summed E-state index contributed by atoms with van der Waals surface area (Å²) >= 11 is 0. The molecule has 2 aliphatic rings. The number of carboxylic acid groups (broad SMARTS) is 1. The Kier molecular flexibility index (Phi) is 5.40. The highest BCUT2D eigenvalue weighted by Gasteiger charge is 2.41. The molecule has 2 fully saturated rings. The summed E-state index contributed by atoms with van der Waals surface area (Å²) in [5.74, 6) is -0.879. The first-order valence-electron chi connectivity index (χ1n) is 7.69. The lowest BCUT2D eigenvalue weighted by atomic mass is 9.90. The number of methoxy groups -OCH3 is 1. The zero-order chi connectivity index (χ0) is 14.5. The smallest absolute Gasteiger partial charge is 0.326 e. The van der Waals surface area contributed by atoms with E-state index < -0.39 is 12.0 Å². The van der Waals surface area contributed by atoms with Crippen molar-refractivity contribution in [2.24, 2.45) is 5.92 Å². The molecule has 1 heterocycles. The molecule has 0 spiro atoms. The lowest BCUT2D eigenvalue weighted by molar-refractivity contribution is -0.150. The Hall–Kier alpha value is -1.10. The molecule has 2 atom stereocenters. The van der Waals surface area contributed by atoms with E-state index in [4.69, 9.17) is 4.74 Å². The summed E-state index contributed by atoms with van der Waals surface area (Å²) in [4.78, 5) is 25.5. The second-order valence-electron chi connectivity index (χ2n) is 5.98. The maximum atomic E-state index is 12.6. The molecule has 1 saturated carbocycles. The van der Waals surface area contributed by atoms with Gasteiger partial charge < -0.3 is 14.7 Å². The van der Waals surface area contributed by atoms with E-state index in [1.807, 2.05) is 0 Å². The molecule has 5 nitrogen and oxygen atoms in total. The molecular weight excluding hydrogens is 258 g/mol. The van der Waals surface area contributed by atoms with Crippen LogP contribution in [0, 0.1) is 5.92 Å². The van der Waals surface area contributed by atoms with Crippen LogP contribution in [0.4, 0.5) is 0 Å². The number of hydrogen-bond donors (Lipinski definition) is 1. The monoisotopic (exact) mass is 283 g/mol. The summed E-state index contributed by atoms with van der Waals surface area (Å²) < 4.78 is 5.25. The number of amides is 1. The summed E-state index contributed by atoms with van der Waals surface area (Å²) in [5.41, 5.74) is 0. The van der Waals surface area contributed by atoms with Gasteiger partial charge in [0, 0.05) is 26.0 Å². The SMILES string of the molecule is COC1CC(C(=O)O)N(C(=O)C2CCCCCCC2)C1. The van der Waals surface area contributed by atoms with E-state index in [2.05, 4.69) is 0 Å². The van der Waals surface area contributed by atoms with Gasteiger partial charge in [-0.1, -0.05) is 32.1 Å². The van der Waals surface area contributed by atoms with Crippen LogP contribution in [0.2, 0.25) is 0 Å². The van der Waals surface area contributed by atoms with Gasteiger partial charge in [-0.3, -0.25) is 4.79 Å². The molecule has 1 aliphatic carbocycles. The van der Waals surface area contributed by atoms with Crippen molar-refractivity contribution in [2.75, 3.05) is 13.7 Å². The third-order valence-electron chi connectivity index (χ3n) is 4.62. The van der Waals surface area contributed by atoms with Crippen LogP contribution < -0.4 is 0 Å². The van der Waals surface area contributed by atoms with Crippen LogP contribution in [0.5, 0.6) is 0 Å². The standard InChI is InChI=1S/C15H25NO4/c1-20-12-9-13(15(18)19)16(10-12)14(17)11-7-5-3-2-4-6-8-11/h11-13H,2-10H2,1H3,(H,18,19). The Morgan fingerprint density at radius 2 is 1.70 bits per heavy atom. The fraction of sp³-hybridized carbons (Fsp3) is 0.867. The molecule has 0 aromatic carbocycles. The van der Waals surface area contributed by atoms with Gasteiger partial charge in [-0.05, 0) is 12.8 Å². The van der Waals surface area contributed by atoms with Crippen LogP contribution in [0.15, 0.2) is 0 Å². The van der Waals surface area contributed by atoms with Gasteiger partial charge in [0.25, 0.3) is 0 Å². The van der Waals surface area contributed by atoms with E-state index in [-0.39, 0.29) is 17.9 Å². The number of rotatable bonds is 3. The van der Waals surface area contributed by atoms with Gasteiger partial charge in [0.15, 0.2) is 0 Å². The van der Waals surface area contributed by atoms with Gasteiger partial charge in [0.1, 0.15) is 6.04 Å². The zero-order valence-corrected chi connectivity index (χ0v) is 12.2. The van der Waals surface area contributed by atoms with Gasteiger partial charge >= 0.3 is 5.97 Å². The van der Waals surface area contributed by atoms with E-state index >= 15 is 0 Å². The molecule has 1 saturated heterocycles. The van der Waals surface area contributed by atoms with Crippen molar-refractivity contribution in [3.05, 3.63) is 0 Å². The van der Waals surface area contributed by atoms with Crippen molar-refractivity contribution >= 4 is 11.9 Å². The molecule has 114 valence electrons. The number of hydrogen-bond acceptors (Lipinski definition) is 3. The fourth-order valence-corrected chi connectivity index (χ4v) is 3.38. The molecule has 2 unspecified atom stereocenters. The Bertz CT molecular complexity index is 350. The van der Waals surface area contributed by atoms with Crippen LogP contribution >= 0.6 is 0 Å². The lowest BCUT2D eigenvalue weighted by Crippen LogP contribution is -2.43. The van der Waals surface area contributed by atoms with Crippen molar-refractivity contribution in [2.45, 2.75) is 63.5 Å². The summed E-state index contributed by atoms with van der Waals surface area (Å²) in [5, 5.41) is 9.30. The van der Waals surface area contributed by atoms with Gasteiger partial charge in [-0.25, -0.2) is 4.79 Å². The highest BCUT2D eigenvalue weighted by Crippen LogP contribution is 2.28. The van der Waals surface area contributed by atoms with Gasteiger partial charge in [0.2, 0.25) is 5.91 Å². The second kappa shape index (κ2) is 7.07. The van der Waals surface area contributed by atoms with E-state index in [0.29, 0.717) is 13.0 Å². The Morgan fingerprint density at radius 3 is 2.25 bits per heavy atom. The largest absolute Gasteiger partial charge is 0.480 e. The summed E-state index contributed by atoms with van der Waals surface area (Å²) in [7, 11) is 1.58. The molecule has 1 N–H and O–H groups in total. The Morgan fingerprint density at radius 1 is 1.10 bits per heavy atom. The molecule has 2 rings (SSSR count). The van der Waals surface area contributed by atoms with E-state index in [1.165, 1.54) is 19.3 Å². The number of ether oxygens (including phenoxy) is 1. The molecule has 0 bridgehead atoms. The van der Waals surface area contributed by atoms with Gasteiger partial charge in [-0.15, -0.1) is 0 Å². The first-order valence-corrected chi connectivity index (χ1v) is 7.69. The van der Waals surface area contributed by atoms with Crippen LogP contribution in [-0.4, -0.2) is 47.7 Å². The number of carbonyl (C=O) groups excluding carboxylic acids is 1. The molecule has 0 aromatic heterocycles. The minimum absolute atomic E-state index is 0.00718. The number of aliphatic carboxylic acids is 1. The van der Waals surface area contributed by atoms with E-state index in [1.54, 1.807) is 12.0 Å². The molecule has 20 heavy (non-hydrogen) atoms. The lowest BCUT2D eigenvalue weighted by Gasteiger charge is -2.27. The van der Waals surface area contributed by atoms with Crippen molar-refractivity contribution in [1.82, 2.24) is 4.90 Å². The van der Waals surface area contributed by atoms with Crippen molar-refractivity contribution in [1.29, 1.82) is 0 Å². The minimum atomic E-state index is -0.913. The van der Waals surface area contributed by atoms with Crippen molar-refractivity contribution in [3.8, 4) is 0 Å². The summed E-state index contributed by atoms with van der Waals surface area (Å²) in [6.45, 7) is 0.419. The maximum absolute atomic E-state index is 12.6. The maximum Gasteiger partial charge on any atom is 0.326 e. The van der Waals surface area contributed by atoms with Crippen LogP contribution in [-0.2, 0) is 14.3 Å². The normalized spacial score (nSPS) is 28.9. The third kappa shape index (κ3) is 3.51. The fourth-order valence-electron chi connectivity index (χ4n) is 3.38. The molecular formula is C15H25NO4. The number of nitrogens with zero attached hydrogens (tertiary/aromatic N) is 1. The number of carboxylic acids is 1. The first kappa shape index (κ1) is 15.3. The number of likely N-dealkylation sites (tertiary alicyclic amines) is 1. The molecule has 1 aliphatic heterocycles.